The lowest BCUT2D eigenvalue weighted by Crippen LogP contribution is -2.51. The maximum atomic E-state index is 12.7. The number of rotatable bonds is 5. The summed E-state index contributed by atoms with van der Waals surface area (Å²) in [5, 5.41) is 0. The fourth-order valence-corrected chi connectivity index (χ4v) is 3.32. The van der Waals surface area contributed by atoms with Gasteiger partial charge in [-0.25, -0.2) is 0 Å². The van der Waals surface area contributed by atoms with Crippen molar-refractivity contribution in [2.24, 2.45) is 0 Å². The van der Waals surface area contributed by atoms with Crippen molar-refractivity contribution in [1.29, 1.82) is 0 Å². The Bertz CT molecular complexity index is 734. The van der Waals surface area contributed by atoms with Crippen LogP contribution >= 0.6 is 0 Å². The predicted octanol–water partition coefficient (Wildman–Crippen LogP) is 3.42. The molecule has 138 valence electrons. The Morgan fingerprint density at radius 3 is 2.35 bits per heavy atom. The smallest absolute Gasteiger partial charge is 0.263 e. The van der Waals surface area contributed by atoms with E-state index in [9.17, 15) is 4.79 Å². The highest BCUT2D eigenvalue weighted by Gasteiger charge is 2.26. The molecule has 1 aliphatic heterocycles. The lowest BCUT2D eigenvalue weighted by molar-refractivity contribution is -0.139. The van der Waals surface area contributed by atoms with Crippen molar-refractivity contribution < 1.29 is 9.53 Å². The van der Waals surface area contributed by atoms with Crippen LogP contribution < -0.4 is 4.74 Å². The molecule has 1 aliphatic rings. The summed E-state index contributed by atoms with van der Waals surface area (Å²) in [5.41, 5.74) is 3.81. The molecule has 3 rings (SSSR count). The number of nitrogens with zero attached hydrogens (tertiary/aromatic N) is 2. The highest BCUT2D eigenvalue weighted by Crippen LogP contribution is 2.16. The number of carbonyl (C=O) groups excluding carboxylic acids is 1. The molecule has 1 saturated heterocycles. The summed E-state index contributed by atoms with van der Waals surface area (Å²) in [5.74, 6) is 0.815. The normalized spacial score (nSPS) is 16.3. The molecule has 26 heavy (non-hydrogen) atoms. The van der Waals surface area contributed by atoms with Gasteiger partial charge in [-0.1, -0.05) is 47.5 Å². The molecule has 2 aromatic rings. The second-order valence-electron chi connectivity index (χ2n) is 7.16. The van der Waals surface area contributed by atoms with Crippen LogP contribution in [0, 0.1) is 13.8 Å². The van der Waals surface area contributed by atoms with Crippen molar-refractivity contribution in [3.8, 4) is 5.75 Å². The molecule has 0 aromatic heterocycles. The first-order chi connectivity index (χ1) is 12.5. The van der Waals surface area contributed by atoms with Crippen molar-refractivity contribution in [2.75, 3.05) is 26.2 Å². The topological polar surface area (TPSA) is 32.8 Å². The van der Waals surface area contributed by atoms with Gasteiger partial charge in [-0.05, 0) is 38.5 Å². The first-order valence-electron chi connectivity index (χ1n) is 9.31. The Hall–Kier alpha value is -2.33. The molecule has 2 aromatic carbocycles. The SMILES string of the molecule is Cc1ccc(OC(C)C(=O)N2CCN(Cc3cccc(C)c3)CC2)cc1. The number of ether oxygens (including phenoxy) is 1. The molecule has 1 atom stereocenters. The zero-order valence-electron chi connectivity index (χ0n) is 15.9. The van der Waals surface area contributed by atoms with E-state index >= 15 is 0 Å². The van der Waals surface area contributed by atoms with Gasteiger partial charge in [-0.3, -0.25) is 9.69 Å². The summed E-state index contributed by atoms with van der Waals surface area (Å²) < 4.78 is 5.82. The van der Waals surface area contributed by atoms with Crippen LogP contribution in [0.3, 0.4) is 0 Å². The molecule has 1 amide bonds. The maximum absolute atomic E-state index is 12.7. The van der Waals surface area contributed by atoms with Crippen LogP contribution in [0.25, 0.3) is 0 Å². The number of piperazine rings is 1. The molecule has 1 heterocycles. The van der Waals surface area contributed by atoms with Gasteiger partial charge in [-0.15, -0.1) is 0 Å². The van der Waals surface area contributed by atoms with Crippen LogP contribution in [0.2, 0.25) is 0 Å². The van der Waals surface area contributed by atoms with Gasteiger partial charge in [0.2, 0.25) is 0 Å². The number of benzene rings is 2. The zero-order chi connectivity index (χ0) is 18.5. The largest absolute Gasteiger partial charge is 0.481 e. The Labute approximate surface area is 156 Å². The van der Waals surface area contributed by atoms with E-state index in [1.807, 2.05) is 43.0 Å². The van der Waals surface area contributed by atoms with E-state index in [0.29, 0.717) is 0 Å². The van der Waals surface area contributed by atoms with Crippen LogP contribution in [0.1, 0.15) is 23.6 Å². The average Bonchev–Trinajstić information content (AvgIpc) is 2.64. The Morgan fingerprint density at radius 2 is 1.69 bits per heavy atom. The van der Waals surface area contributed by atoms with E-state index in [1.54, 1.807) is 0 Å². The van der Waals surface area contributed by atoms with Gasteiger partial charge in [0, 0.05) is 32.7 Å². The molecule has 0 N–H and O–H groups in total. The summed E-state index contributed by atoms with van der Waals surface area (Å²) in [6.45, 7) is 10.2. The van der Waals surface area contributed by atoms with Gasteiger partial charge >= 0.3 is 0 Å². The second kappa shape index (κ2) is 8.37. The van der Waals surface area contributed by atoms with Crippen LogP contribution in [-0.4, -0.2) is 48.0 Å². The minimum atomic E-state index is -0.457. The second-order valence-corrected chi connectivity index (χ2v) is 7.16. The zero-order valence-corrected chi connectivity index (χ0v) is 15.9. The lowest BCUT2D eigenvalue weighted by atomic mass is 10.1. The summed E-state index contributed by atoms with van der Waals surface area (Å²) in [7, 11) is 0. The first-order valence-corrected chi connectivity index (χ1v) is 9.31. The summed E-state index contributed by atoms with van der Waals surface area (Å²) in [4.78, 5) is 17.0. The number of hydrogen-bond acceptors (Lipinski definition) is 3. The van der Waals surface area contributed by atoms with E-state index in [4.69, 9.17) is 4.74 Å². The van der Waals surface area contributed by atoms with E-state index in [0.717, 1.165) is 38.5 Å². The van der Waals surface area contributed by atoms with Gasteiger partial charge in [-0.2, -0.15) is 0 Å². The maximum Gasteiger partial charge on any atom is 0.263 e. The molecule has 0 aliphatic carbocycles. The highest BCUT2D eigenvalue weighted by atomic mass is 16.5. The summed E-state index contributed by atoms with van der Waals surface area (Å²) in [6, 6.07) is 16.5. The number of aryl methyl sites for hydroxylation is 2. The van der Waals surface area contributed by atoms with Gasteiger partial charge in [0.15, 0.2) is 6.10 Å². The Balaban J connectivity index is 1.49. The minimum absolute atomic E-state index is 0.0702. The molecule has 0 saturated carbocycles. The molecule has 4 heteroatoms. The fourth-order valence-electron chi connectivity index (χ4n) is 3.32. The molecular weight excluding hydrogens is 324 g/mol. The van der Waals surface area contributed by atoms with Crippen molar-refractivity contribution >= 4 is 5.91 Å². The van der Waals surface area contributed by atoms with Crippen molar-refractivity contribution in [3.05, 3.63) is 65.2 Å². The van der Waals surface area contributed by atoms with E-state index in [2.05, 4.69) is 36.1 Å². The summed E-state index contributed by atoms with van der Waals surface area (Å²) in [6.07, 6.45) is -0.457. The van der Waals surface area contributed by atoms with E-state index in [-0.39, 0.29) is 5.91 Å². The molecular formula is C22H28N2O2. The molecule has 0 radical (unpaired) electrons. The van der Waals surface area contributed by atoms with Gasteiger partial charge in [0.05, 0.1) is 0 Å². The fraction of sp³-hybridized carbons (Fsp3) is 0.409. The average molecular weight is 352 g/mol. The molecule has 4 nitrogen and oxygen atoms in total. The van der Waals surface area contributed by atoms with Crippen molar-refractivity contribution in [3.63, 3.8) is 0 Å². The van der Waals surface area contributed by atoms with Gasteiger partial charge in [0.25, 0.3) is 5.91 Å². The van der Waals surface area contributed by atoms with Crippen LogP contribution in [0.5, 0.6) is 5.75 Å². The number of amides is 1. The molecule has 1 unspecified atom stereocenters. The van der Waals surface area contributed by atoms with Crippen molar-refractivity contribution in [1.82, 2.24) is 9.80 Å². The Morgan fingerprint density at radius 1 is 1.00 bits per heavy atom. The van der Waals surface area contributed by atoms with Crippen LogP contribution in [0.4, 0.5) is 0 Å². The first kappa shape index (κ1) is 18.5. The van der Waals surface area contributed by atoms with Crippen LogP contribution in [-0.2, 0) is 11.3 Å². The molecule has 1 fully saturated rings. The third-order valence-electron chi connectivity index (χ3n) is 4.85. The minimum Gasteiger partial charge on any atom is -0.481 e. The number of hydrogen-bond donors (Lipinski definition) is 0. The van der Waals surface area contributed by atoms with E-state index in [1.165, 1.54) is 16.7 Å². The van der Waals surface area contributed by atoms with Crippen molar-refractivity contribution in [2.45, 2.75) is 33.4 Å². The summed E-state index contributed by atoms with van der Waals surface area (Å²) >= 11 is 0. The highest BCUT2D eigenvalue weighted by molar-refractivity contribution is 5.81. The number of carbonyl (C=O) groups is 1. The van der Waals surface area contributed by atoms with E-state index < -0.39 is 6.10 Å². The Kier molecular flexibility index (Phi) is 5.94. The lowest BCUT2D eigenvalue weighted by Gasteiger charge is -2.36. The third-order valence-corrected chi connectivity index (χ3v) is 4.85. The van der Waals surface area contributed by atoms with Gasteiger partial charge < -0.3 is 9.64 Å². The van der Waals surface area contributed by atoms with Crippen LogP contribution in [0.15, 0.2) is 48.5 Å². The predicted molar refractivity (Wildman–Crippen MR) is 104 cm³/mol. The van der Waals surface area contributed by atoms with Gasteiger partial charge in [0.1, 0.15) is 5.75 Å². The molecule has 0 bridgehead atoms. The quantitative estimate of drug-likeness (QED) is 0.827. The third kappa shape index (κ3) is 4.85. The standard InChI is InChI=1S/C22H28N2O2/c1-17-7-9-21(10-8-17)26-19(3)22(25)24-13-11-23(12-14-24)16-20-6-4-5-18(2)15-20/h4-10,15,19H,11-14,16H2,1-3H3. The molecule has 0 spiro atoms. The monoisotopic (exact) mass is 352 g/mol.